The molecule has 8 aromatic rings. The van der Waals surface area contributed by atoms with E-state index in [-0.39, 0.29) is 20.1 Å². The topological polar surface area (TPSA) is 38.9 Å². The van der Waals surface area contributed by atoms with E-state index in [1.807, 2.05) is 67.0 Å². The fourth-order valence-corrected chi connectivity index (χ4v) is 6.61. The Labute approximate surface area is 284 Å². The average Bonchev–Trinajstić information content (AvgIpc) is 3.48. The zero-order valence-electron chi connectivity index (χ0n) is 25.9. The van der Waals surface area contributed by atoms with Crippen LogP contribution in [0.25, 0.3) is 66.4 Å². The van der Waals surface area contributed by atoms with Gasteiger partial charge < -0.3 is 14.4 Å². The molecule has 0 bridgehead atoms. The first-order valence-corrected chi connectivity index (χ1v) is 18.7. The van der Waals surface area contributed by atoms with Gasteiger partial charge in [0.05, 0.1) is 13.7 Å². The standard InChI is InChI=1S/C27H16NO.C14H16NSi.Ir/c1-2-8-18(9-3-1)21-14-15-22(24-16-19-10-4-5-11-20(19)17-28-24)27-26(21)23-12-6-7-13-25(23)29-27;1-16(2,3)13-9-10-14(15-11-13)12-7-5-4-6-8-12;/h1-14,16-17H;4-7,9-11H,1-3H3;/q2*-1;. The third-order valence-electron chi connectivity index (χ3n) is 8.04. The first-order chi connectivity index (χ1) is 22.0. The average molecular weight is 789 g/mol. The second-order valence-corrected chi connectivity index (χ2v) is 17.2. The van der Waals surface area contributed by atoms with Crippen LogP contribution in [-0.2, 0) is 20.1 Å². The Hall–Kier alpha value is -4.67. The molecule has 0 aliphatic heterocycles. The Kier molecular flexibility index (Phi) is 9.09. The number of fused-ring (bicyclic) bond motifs is 4. The summed E-state index contributed by atoms with van der Waals surface area (Å²) in [7, 11) is -1.23. The van der Waals surface area contributed by atoms with Gasteiger partial charge in [-0.15, -0.1) is 48.0 Å². The van der Waals surface area contributed by atoms with Crippen molar-refractivity contribution in [1.29, 1.82) is 0 Å². The van der Waals surface area contributed by atoms with Gasteiger partial charge in [-0.1, -0.05) is 127 Å². The Bertz CT molecular complexity index is 2240. The quantitative estimate of drug-likeness (QED) is 0.132. The maximum absolute atomic E-state index is 6.34. The Balaban J connectivity index is 0.000000187. The van der Waals surface area contributed by atoms with Gasteiger partial charge in [0.25, 0.3) is 0 Å². The Morgan fingerprint density at radius 1 is 0.652 bits per heavy atom. The number of hydrogen-bond donors (Lipinski definition) is 0. The summed E-state index contributed by atoms with van der Waals surface area (Å²) in [5, 5.41) is 5.89. The Morgan fingerprint density at radius 3 is 2.11 bits per heavy atom. The molecule has 0 spiro atoms. The summed E-state index contributed by atoms with van der Waals surface area (Å²) in [5.74, 6) is 0. The summed E-state index contributed by atoms with van der Waals surface area (Å²) in [6.07, 6.45) is 3.93. The van der Waals surface area contributed by atoms with Crippen LogP contribution in [0.4, 0.5) is 0 Å². The van der Waals surface area contributed by atoms with Crippen molar-refractivity contribution in [3.8, 4) is 33.6 Å². The molecule has 5 heteroatoms. The van der Waals surface area contributed by atoms with Gasteiger partial charge in [-0.3, -0.25) is 0 Å². The van der Waals surface area contributed by atoms with Crippen LogP contribution in [0.15, 0.2) is 144 Å². The second kappa shape index (κ2) is 13.4. The zero-order chi connectivity index (χ0) is 30.8. The summed E-state index contributed by atoms with van der Waals surface area (Å²) in [6, 6.07) is 49.9. The van der Waals surface area contributed by atoms with Crippen LogP contribution < -0.4 is 5.19 Å². The number of furan rings is 1. The molecule has 3 aromatic heterocycles. The molecule has 0 amide bonds. The molecule has 0 unspecified atom stereocenters. The molecule has 0 atom stereocenters. The van der Waals surface area contributed by atoms with Crippen LogP contribution in [0, 0.1) is 12.1 Å². The van der Waals surface area contributed by atoms with Gasteiger partial charge in [-0.25, -0.2) is 0 Å². The molecule has 8 rings (SSSR count). The molecule has 0 N–H and O–H groups in total. The van der Waals surface area contributed by atoms with Crippen molar-refractivity contribution < 1.29 is 24.5 Å². The smallest absolute Gasteiger partial charge is 0.120 e. The predicted octanol–water partition coefficient (Wildman–Crippen LogP) is 10.4. The molecule has 227 valence electrons. The van der Waals surface area contributed by atoms with Crippen LogP contribution in [0.5, 0.6) is 0 Å². The van der Waals surface area contributed by atoms with E-state index in [4.69, 9.17) is 9.40 Å². The molecule has 5 aromatic carbocycles. The number of pyridine rings is 2. The van der Waals surface area contributed by atoms with Gasteiger partial charge >= 0.3 is 0 Å². The van der Waals surface area contributed by atoms with Crippen LogP contribution in [0.2, 0.25) is 19.6 Å². The predicted molar refractivity (Wildman–Crippen MR) is 190 cm³/mol. The SMILES string of the molecule is C[Si](C)(C)c1ccc(-c2[c-]cccc2)nc1.[Ir].[c-]1cc(-c2ccccc2)c2c(oc3ccccc32)c1-c1cc2ccccc2cn1. The maximum Gasteiger partial charge on any atom is 0.120 e. The molecule has 0 fully saturated rings. The molecule has 3 nitrogen and oxygen atoms in total. The van der Waals surface area contributed by atoms with Crippen LogP contribution in [0.1, 0.15) is 0 Å². The minimum absolute atomic E-state index is 0. The normalized spacial score (nSPS) is 11.2. The van der Waals surface area contributed by atoms with Crippen molar-refractivity contribution in [3.63, 3.8) is 0 Å². The number of rotatable bonds is 4. The summed E-state index contributed by atoms with van der Waals surface area (Å²) in [5.41, 5.74) is 7.80. The molecule has 3 heterocycles. The van der Waals surface area contributed by atoms with Crippen molar-refractivity contribution in [2.75, 3.05) is 0 Å². The van der Waals surface area contributed by atoms with Gasteiger partial charge in [0.2, 0.25) is 0 Å². The fraction of sp³-hybridized carbons (Fsp3) is 0.0732. The van der Waals surface area contributed by atoms with Crippen molar-refractivity contribution in [1.82, 2.24) is 9.97 Å². The van der Waals surface area contributed by atoms with Gasteiger partial charge in [-0.05, 0) is 38.8 Å². The summed E-state index contributed by atoms with van der Waals surface area (Å²) in [6.45, 7) is 7.00. The molecule has 0 aliphatic rings. The van der Waals surface area contributed by atoms with Gasteiger partial charge in [0.1, 0.15) is 5.58 Å². The van der Waals surface area contributed by atoms with Crippen LogP contribution >= 0.6 is 0 Å². The number of para-hydroxylation sites is 1. The first kappa shape index (κ1) is 31.3. The number of nitrogens with zero attached hydrogens (tertiary/aromatic N) is 2. The number of aromatic nitrogens is 2. The van der Waals surface area contributed by atoms with E-state index in [0.717, 1.165) is 66.4 Å². The Morgan fingerprint density at radius 2 is 1.37 bits per heavy atom. The van der Waals surface area contributed by atoms with E-state index < -0.39 is 8.07 Å². The molecule has 0 saturated heterocycles. The minimum Gasteiger partial charge on any atom is -0.501 e. The summed E-state index contributed by atoms with van der Waals surface area (Å²) in [4.78, 5) is 9.23. The van der Waals surface area contributed by atoms with E-state index in [9.17, 15) is 0 Å². The largest absolute Gasteiger partial charge is 0.501 e. The first-order valence-electron chi connectivity index (χ1n) is 15.2. The molecular formula is C41H32IrN2OSi-2. The molecular weight excluding hydrogens is 757 g/mol. The molecule has 0 aliphatic carbocycles. The van der Waals surface area contributed by atoms with E-state index >= 15 is 0 Å². The molecule has 46 heavy (non-hydrogen) atoms. The third kappa shape index (κ3) is 6.36. The maximum atomic E-state index is 6.34. The summed E-state index contributed by atoms with van der Waals surface area (Å²) >= 11 is 0. The molecule has 0 saturated carbocycles. The summed E-state index contributed by atoms with van der Waals surface area (Å²) < 4.78 is 6.34. The van der Waals surface area contributed by atoms with E-state index in [2.05, 4.69) is 110 Å². The van der Waals surface area contributed by atoms with E-state index in [1.54, 1.807) is 0 Å². The minimum atomic E-state index is -1.23. The van der Waals surface area contributed by atoms with Gasteiger partial charge in [0.15, 0.2) is 0 Å². The monoisotopic (exact) mass is 789 g/mol. The second-order valence-electron chi connectivity index (χ2n) is 12.1. The van der Waals surface area contributed by atoms with Crippen molar-refractivity contribution in [3.05, 3.63) is 152 Å². The third-order valence-corrected chi connectivity index (χ3v) is 10.1. The van der Waals surface area contributed by atoms with Crippen LogP contribution in [0.3, 0.4) is 0 Å². The van der Waals surface area contributed by atoms with Crippen LogP contribution in [-0.4, -0.2) is 18.0 Å². The number of hydrogen-bond acceptors (Lipinski definition) is 3. The van der Waals surface area contributed by atoms with E-state index in [1.165, 1.54) is 5.19 Å². The van der Waals surface area contributed by atoms with Gasteiger partial charge in [-0.2, -0.15) is 0 Å². The number of benzene rings is 5. The molecule has 1 radical (unpaired) electrons. The zero-order valence-corrected chi connectivity index (χ0v) is 29.3. The van der Waals surface area contributed by atoms with Gasteiger partial charge in [0, 0.05) is 37.9 Å². The van der Waals surface area contributed by atoms with Crippen molar-refractivity contribution >= 4 is 46.0 Å². The van der Waals surface area contributed by atoms with Crippen molar-refractivity contribution in [2.45, 2.75) is 19.6 Å². The van der Waals surface area contributed by atoms with Crippen molar-refractivity contribution in [2.24, 2.45) is 0 Å². The van der Waals surface area contributed by atoms with E-state index in [0.29, 0.717) is 0 Å². The fourth-order valence-electron chi connectivity index (χ4n) is 5.58.